The molecule has 2 aliphatic rings. The molecule has 8 nitrogen and oxygen atoms in total. The van der Waals surface area contributed by atoms with E-state index in [9.17, 15) is 49.8 Å². The third kappa shape index (κ3) is 6.99. The summed E-state index contributed by atoms with van der Waals surface area (Å²) in [5.74, 6) is -10.4. The number of hydrogen-bond donors (Lipinski definition) is 3. The number of halogens is 8. The van der Waals surface area contributed by atoms with Crippen molar-refractivity contribution in [1.29, 1.82) is 0 Å². The fraction of sp³-hybridized carbons (Fsp3) is 0.667. The fourth-order valence-electron chi connectivity index (χ4n) is 4.83. The van der Waals surface area contributed by atoms with Crippen LogP contribution in [0.1, 0.15) is 69.0 Å². The number of carbonyl (C=O) groups excluding carboxylic acids is 2. The lowest BCUT2D eigenvalue weighted by Gasteiger charge is -2.33. The number of alkyl halides is 8. The molecule has 0 unspecified atom stereocenters. The number of amides is 2. The number of nitrogens with one attached hydrogen (secondary N) is 2. The Labute approximate surface area is 222 Å². The Balaban J connectivity index is 1.52. The highest BCUT2D eigenvalue weighted by Gasteiger charge is 2.59. The second-order valence-electron chi connectivity index (χ2n) is 10.5. The summed E-state index contributed by atoms with van der Waals surface area (Å²) in [5.41, 5.74) is 0.195. The highest BCUT2D eigenvalue weighted by Crippen LogP contribution is 2.50. The van der Waals surface area contributed by atoms with Gasteiger partial charge < -0.3 is 15.7 Å². The predicted molar refractivity (Wildman–Crippen MR) is 121 cm³/mol. The van der Waals surface area contributed by atoms with E-state index in [1.54, 1.807) is 0 Å². The smallest absolute Gasteiger partial charge is 0.369 e. The van der Waals surface area contributed by atoms with Gasteiger partial charge in [0.05, 0.1) is 41.9 Å². The molecule has 0 bridgehead atoms. The molecule has 0 aliphatic heterocycles. The van der Waals surface area contributed by atoms with E-state index in [4.69, 9.17) is 0 Å². The first kappa shape index (κ1) is 29.9. The maximum absolute atomic E-state index is 13.8. The highest BCUT2D eigenvalue weighted by atomic mass is 19.4. The van der Waals surface area contributed by atoms with Crippen LogP contribution in [0.2, 0.25) is 0 Å². The maximum Gasteiger partial charge on any atom is 0.392 e. The van der Waals surface area contributed by atoms with Crippen molar-refractivity contribution in [3.63, 3.8) is 0 Å². The number of nitrogens with zero attached hydrogens (tertiary/aromatic N) is 3. The number of aliphatic hydroxyl groups is 1. The van der Waals surface area contributed by atoms with Gasteiger partial charge in [-0.1, -0.05) is 6.92 Å². The Bertz CT molecular complexity index is 1240. The summed E-state index contributed by atoms with van der Waals surface area (Å²) < 4.78 is 106. The zero-order valence-electron chi connectivity index (χ0n) is 21.1. The predicted octanol–water partition coefficient (Wildman–Crippen LogP) is 4.61. The Morgan fingerprint density at radius 3 is 2.38 bits per heavy atom. The molecule has 2 saturated carbocycles. The second kappa shape index (κ2) is 10.7. The first-order valence-corrected chi connectivity index (χ1v) is 12.6. The lowest BCUT2D eigenvalue weighted by atomic mass is 9.81. The average Bonchev–Trinajstić information content (AvgIpc) is 3.55. The number of aliphatic hydroxyl groups excluding tert-OH is 1. The molecule has 0 spiro atoms. The van der Waals surface area contributed by atoms with Gasteiger partial charge in [0.1, 0.15) is 0 Å². The van der Waals surface area contributed by atoms with Gasteiger partial charge in [0.25, 0.3) is 0 Å². The molecule has 2 aromatic heterocycles. The van der Waals surface area contributed by atoms with Gasteiger partial charge in [-0.05, 0) is 31.2 Å². The van der Waals surface area contributed by atoms with E-state index in [0.717, 1.165) is 13.1 Å². The van der Waals surface area contributed by atoms with Crippen molar-refractivity contribution in [2.24, 2.45) is 23.7 Å². The van der Waals surface area contributed by atoms with E-state index in [0.29, 0.717) is 0 Å². The summed E-state index contributed by atoms with van der Waals surface area (Å²) >= 11 is 0. The number of rotatable bonds is 8. The molecule has 2 heterocycles. The molecule has 2 fully saturated rings. The number of aromatic nitrogens is 3. The molecule has 5 atom stereocenters. The molecule has 16 heteroatoms. The largest absolute Gasteiger partial charge is 0.392 e. The normalized spacial score (nSPS) is 23.9. The summed E-state index contributed by atoms with van der Waals surface area (Å²) in [6.07, 6.45) is -10.6. The summed E-state index contributed by atoms with van der Waals surface area (Å²) in [5, 5.41) is 18.9. The molecule has 4 rings (SSSR count). The van der Waals surface area contributed by atoms with Crippen LogP contribution in [0.15, 0.2) is 18.5 Å². The Hall–Kier alpha value is -3.04. The van der Waals surface area contributed by atoms with Crippen molar-refractivity contribution in [1.82, 2.24) is 25.2 Å². The zero-order valence-corrected chi connectivity index (χ0v) is 21.1. The standard InChI is InChI=1S/C24H27F8N5O3/c1-11(23(27,28)29)6-18(38)35-20(39)13-7-17-34-16(10-37(17)33-9-13)19(12-2-4-22(25,26)5-3-12)36-21(40)14-8-15(14)24(30,31)32/h7,9-12,14-15,19-20,39H,2-6,8H2,1H3,(H,35,38)(H,36,40)/t11-,14+,15+,19-,20+/m0/s1. The van der Waals surface area contributed by atoms with Crippen molar-refractivity contribution < 1.29 is 49.8 Å². The summed E-state index contributed by atoms with van der Waals surface area (Å²) in [6.45, 7) is 0.820. The van der Waals surface area contributed by atoms with Crippen molar-refractivity contribution in [3.8, 4) is 0 Å². The summed E-state index contributed by atoms with van der Waals surface area (Å²) in [7, 11) is 0. The summed E-state index contributed by atoms with van der Waals surface area (Å²) in [6, 6.07) is 0.278. The van der Waals surface area contributed by atoms with Crippen LogP contribution in [-0.2, 0) is 9.59 Å². The molecule has 3 N–H and O–H groups in total. The maximum atomic E-state index is 13.8. The molecular formula is C24H27F8N5O3. The number of hydrogen-bond acceptors (Lipinski definition) is 5. The molecule has 40 heavy (non-hydrogen) atoms. The first-order valence-electron chi connectivity index (χ1n) is 12.6. The highest BCUT2D eigenvalue weighted by molar-refractivity contribution is 5.82. The minimum Gasteiger partial charge on any atom is -0.369 e. The Morgan fingerprint density at radius 2 is 1.80 bits per heavy atom. The van der Waals surface area contributed by atoms with Gasteiger partial charge >= 0.3 is 12.4 Å². The van der Waals surface area contributed by atoms with Crippen LogP contribution < -0.4 is 10.6 Å². The lowest BCUT2D eigenvalue weighted by Crippen LogP contribution is -2.38. The average molecular weight is 585 g/mol. The number of fused-ring (bicyclic) bond motifs is 1. The summed E-state index contributed by atoms with van der Waals surface area (Å²) in [4.78, 5) is 28.9. The molecule has 0 aromatic carbocycles. The minimum absolute atomic E-state index is 0.0149. The van der Waals surface area contributed by atoms with Crippen LogP contribution in [0.4, 0.5) is 35.1 Å². The van der Waals surface area contributed by atoms with Crippen LogP contribution in [0.5, 0.6) is 0 Å². The van der Waals surface area contributed by atoms with E-state index in [2.05, 4.69) is 15.4 Å². The van der Waals surface area contributed by atoms with Crippen LogP contribution in [-0.4, -0.2) is 49.8 Å². The van der Waals surface area contributed by atoms with Gasteiger partial charge in [-0.2, -0.15) is 31.4 Å². The molecule has 0 radical (unpaired) electrons. The van der Waals surface area contributed by atoms with Gasteiger partial charge in [0, 0.05) is 24.8 Å². The van der Waals surface area contributed by atoms with Gasteiger partial charge in [0.15, 0.2) is 11.9 Å². The van der Waals surface area contributed by atoms with Crippen molar-refractivity contribution in [2.45, 2.75) is 76.0 Å². The molecule has 2 amide bonds. The lowest BCUT2D eigenvalue weighted by molar-refractivity contribution is -0.174. The van der Waals surface area contributed by atoms with Crippen LogP contribution in [0, 0.1) is 23.7 Å². The molecule has 0 saturated heterocycles. The van der Waals surface area contributed by atoms with E-state index < -0.39 is 85.3 Å². The van der Waals surface area contributed by atoms with Crippen LogP contribution >= 0.6 is 0 Å². The second-order valence-corrected chi connectivity index (χ2v) is 10.5. The third-order valence-electron chi connectivity index (χ3n) is 7.42. The molecule has 222 valence electrons. The fourth-order valence-corrected chi connectivity index (χ4v) is 4.83. The van der Waals surface area contributed by atoms with Crippen LogP contribution in [0.3, 0.4) is 0 Å². The zero-order chi connectivity index (χ0) is 29.6. The van der Waals surface area contributed by atoms with E-state index in [-0.39, 0.29) is 36.2 Å². The van der Waals surface area contributed by atoms with Crippen molar-refractivity contribution in [3.05, 3.63) is 29.7 Å². The van der Waals surface area contributed by atoms with Gasteiger partial charge in [-0.3, -0.25) is 9.59 Å². The quantitative estimate of drug-likeness (QED) is 0.310. The molecule has 2 aliphatic carbocycles. The van der Waals surface area contributed by atoms with Crippen molar-refractivity contribution in [2.75, 3.05) is 0 Å². The van der Waals surface area contributed by atoms with Gasteiger partial charge in [-0.25, -0.2) is 18.3 Å². The van der Waals surface area contributed by atoms with E-state index >= 15 is 0 Å². The van der Waals surface area contributed by atoms with E-state index in [1.165, 1.54) is 16.8 Å². The third-order valence-corrected chi connectivity index (χ3v) is 7.42. The van der Waals surface area contributed by atoms with Gasteiger partial charge in [0.2, 0.25) is 17.7 Å². The van der Waals surface area contributed by atoms with Crippen LogP contribution in [0.25, 0.3) is 5.65 Å². The first-order chi connectivity index (χ1) is 18.4. The molecular weight excluding hydrogens is 558 g/mol. The Morgan fingerprint density at radius 1 is 1.15 bits per heavy atom. The van der Waals surface area contributed by atoms with Gasteiger partial charge in [-0.15, -0.1) is 0 Å². The Kier molecular flexibility index (Phi) is 8.04. The SMILES string of the molecule is C[C@@H](CC(=O)N[C@H](O)c1cnn2cc([C@@H](NC(=O)[C@@H]3C[C@H]3C(F)(F)F)C3CCC(F)(F)CC3)nc2c1)C(F)(F)F. The van der Waals surface area contributed by atoms with E-state index in [1.807, 2.05) is 5.32 Å². The molecule has 2 aromatic rings. The minimum atomic E-state index is -4.59. The number of carbonyl (C=O) groups is 2. The number of imidazole rings is 1. The topological polar surface area (TPSA) is 109 Å². The monoisotopic (exact) mass is 585 g/mol. The van der Waals surface area contributed by atoms with Crippen molar-refractivity contribution >= 4 is 17.5 Å².